The van der Waals surface area contributed by atoms with Crippen molar-refractivity contribution in [3.8, 4) is 22.8 Å². The molecular formula is C22H25BrN4O3S. The molecule has 2 aromatic carbocycles. The van der Waals surface area contributed by atoms with E-state index in [4.69, 9.17) is 0 Å². The standard InChI is InChI=1S/C22H25BrN4O3S/c1-31(30)16-4-2-14(3-5-16)12-24-15-6-8-27(9-7-15)19-13-25-26-22(19)17-10-18(23)21(29)11-20(17)28/h2-5,10-11,13,15,24,28-29H,6-9,12H2,1H3,(H,25,26). The van der Waals surface area contributed by atoms with E-state index >= 15 is 0 Å². The molecule has 0 aliphatic carbocycles. The number of H-pyrrole nitrogens is 1. The molecule has 1 aliphatic heterocycles. The van der Waals surface area contributed by atoms with E-state index in [9.17, 15) is 14.4 Å². The minimum absolute atomic E-state index is 0.000627. The molecule has 164 valence electrons. The summed E-state index contributed by atoms with van der Waals surface area (Å²) in [5.41, 5.74) is 3.45. The summed E-state index contributed by atoms with van der Waals surface area (Å²) in [6.45, 7) is 2.53. The number of nitrogens with zero attached hydrogens (tertiary/aromatic N) is 2. The van der Waals surface area contributed by atoms with E-state index in [1.807, 2.05) is 24.3 Å². The number of phenols is 2. The van der Waals surface area contributed by atoms with Crippen molar-refractivity contribution in [2.75, 3.05) is 24.2 Å². The lowest BCUT2D eigenvalue weighted by Gasteiger charge is -2.34. The second-order valence-electron chi connectivity index (χ2n) is 7.69. The molecule has 1 fully saturated rings. The van der Waals surface area contributed by atoms with E-state index in [2.05, 4.69) is 36.3 Å². The number of hydrogen-bond acceptors (Lipinski definition) is 6. The molecule has 0 amide bonds. The summed E-state index contributed by atoms with van der Waals surface area (Å²) in [5.74, 6) is -0.00697. The fraction of sp³-hybridized carbons (Fsp3) is 0.318. The molecule has 31 heavy (non-hydrogen) atoms. The number of benzene rings is 2. The predicted octanol–water partition coefficient (Wildman–Crippen LogP) is 3.75. The van der Waals surface area contributed by atoms with Gasteiger partial charge >= 0.3 is 0 Å². The Balaban J connectivity index is 1.37. The van der Waals surface area contributed by atoms with E-state index in [1.165, 1.54) is 11.6 Å². The molecule has 0 radical (unpaired) electrons. The Morgan fingerprint density at radius 2 is 1.90 bits per heavy atom. The van der Waals surface area contributed by atoms with Gasteiger partial charge in [-0.05, 0) is 52.5 Å². The number of anilines is 1. The van der Waals surface area contributed by atoms with Gasteiger partial charge in [0.25, 0.3) is 0 Å². The average molecular weight is 505 g/mol. The summed E-state index contributed by atoms with van der Waals surface area (Å²) >= 11 is 3.31. The van der Waals surface area contributed by atoms with Crippen LogP contribution in [0, 0.1) is 0 Å². The van der Waals surface area contributed by atoms with Crippen LogP contribution in [0.5, 0.6) is 11.5 Å². The summed E-state index contributed by atoms with van der Waals surface area (Å²) in [7, 11) is -0.949. The summed E-state index contributed by atoms with van der Waals surface area (Å²) in [5, 5.41) is 30.9. The SMILES string of the molecule is CS(=O)c1ccc(CNC2CCN(c3cn[nH]c3-c3cc(Br)c(O)cc3O)CC2)cc1. The van der Waals surface area contributed by atoms with E-state index in [0.29, 0.717) is 16.1 Å². The number of halogens is 1. The Hall–Kier alpha value is -2.36. The third-order valence-electron chi connectivity index (χ3n) is 5.64. The number of rotatable bonds is 6. The van der Waals surface area contributed by atoms with Crippen LogP contribution in [-0.4, -0.2) is 50.0 Å². The number of aromatic hydroxyl groups is 2. The van der Waals surface area contributed by atoms with Gasteiger partial charge in [-0.25, -0.2) is 0 Å². The molecule has 4 rings (SSSR count). The average Bonchev–Trinajstić information content (AvgIpc) is 3.25. The maximum atomic E-state index is 11.5. The minimum Gasteiger partial charge on any atom is -0.507 e. The van der Waals surface area contributed by atoms with Gasteiger partial charge in [-0.1, -0.05) is 12.1 Å². The molecule has 4 N–H and O–H groups in total. The maximum Gasteiger partial charge on any atom is 0.133 e. The molecular weight excluding hydrogens is 480 g/mol. The molecule has 3 aromatic rings. The third kappa shape index (κ3) is 4.94. The molecule has 1 unspecified atom stereocenters. The second kappa shape index (κ2) is 9.42. The Labute approximate surface area is 192 Å². The summed E-state index contributed by atoms with van der Waals surface area (Å²) in [6, 6.07) is 11.3. The van der Waals surface area contributed by atoms with Crippen molar-refractivity contribution in [2.24, 2.45) is 0 Å². The predicted molar refractivity (Wildman–Crippen MR) is 126 cm³/mol. The van der Waals surface area contributed by atoms with E-state index < -0.39 is 10.8 Å². The zero-order chi connectivity index (χ0) is 22.0. The number of piperidine rings is 1. The van der Waals surface area contributed by atoms with Crippen LogP contribution in [0.4, 0.5) is 5.69 Å². The maximum absolute atomic E-state index is 11.5. The van der Waals surface area contributed by atoms with Gasteiger partial charge in [0, 0.05) is 59.3 Å². The van der Waals surface area contributed by atoms with E-state index in [-0.39, 0.29) is 11.5 Å². The molecule has 1 atom stereocenters. The Morgan fingerprint density at radius 3 is 2.58 bits per heavy atom. The van der Waals surface area contributed by atoms with Crippen LogP contribution in [0.3, 0.4) is 0 Å². The third-order valence-corrected chi connectivity index (χ3v) is 7.21. The fourth-order valence-electron chi connectivity index (χ4n) is 3.85. The zero-order valence-corrected chi connectivity index (χ0v) is 19.5. The lowest BCUT2D eigenvalue weighted by Crippen LogP contribution is -2.42. The van der Waals surface area contributed by atoms with Crippen molar-refractivity contribution in [1.29, 1.82) is 0 Å². The largest absolute Gasteiger partial charge is 0.507 e. The van der Waals surface area contributed by atoms with Crippen LogP contribution in [0.15, 0.2) is 52.0 Å². The van der Waals surface area contributed by atoms with Crippen molar-refractivity contribution >= 4 is 32.4 Å². The molecule has 9 heteroatoms. The van der Waals surface area contributed by atoms with Crippen molar-refractivity contribution in [2.45, 2.75) is 30.3 Å². The molecule has 0 saturated carbocycles. The van der Waals surface area contributed by atoms with Crippen LogP contribution in [0.1, 0.15) is 18.4 Å². The molecule has 7 nitrogen and oxygen atoms in total. The first kappa shape index (κ1) is 21.9. The Bertz CT molecular complexity index is 1080. The van der Waals surface area contributed by atoms with E-state index in [1.54, 1.807) is 18.5 Å². The Kier molecular flexibility index (Phi) is 6.64. The van der Waals surface area contributed by atoms with Crippen molar-refractivity contribution in [3.05, 3.63) is 52.6 Å². The quantitative estimate of drug-likeness (QED) is 0.407. The first-order valence-corrected chi connectivity index (χ1v) is 12.4. The van der Waals surface area contributed by atoms with Gasteiger partial charge in [-0.2, -0.15) is 5.10 Å². The van der Waals surface area contributed by atoms with Gasteiger partial charge < -0.3 is 20.4 Å². The van der Waals surface area contributed by atoms with Crippen LogP contribution < -0.4 is 10.2 Å². The highest BCUT2D eigenvalue weighted by molar-refractivity contribution is 9.10. The monoisotopic (exact) mass is 504 g/mol. The molecule has 1 saturated heterocycles. The molecule has 0 bridgehead atoms. The molecule has 2 heterocycles. The van der Waals surface area contributed by atoms with Gasteiger partial charge in [-0.3, -0.25) is 9.31 Å². The smallest absolute Gasteiger partial charge is 0.133 e. The summed E-state index contributed by atoms with van der Waals surface area (Å²) in [6.07, 6.45) is 5.46. The van der Waals surface area contributed by atoms with Crippen LogP contribution in [-0.2, 0) is 17.3 Å². The highest BCUT2D eigenvalue weighted by atomic mass is 79.9. The second-order valence-corrected chi connectivity index (χ2v) is 9.93. The van der Waals surface area contributed by atoms with Crippen LogP contribution in [0.2, 0.25) is 0 Å². The van der Waals surface area contributed by atoms with Crippen LogP contribution in [0.25, 0.3) is 11.3 Å². The first-order valence-electron chi connectivity index (χ1n) is 10.1. The lowest BCUT2D eigenvalue weighted by atomic mass is 10.0. The zero-order valence-electron chi connectivity index (χ0n) is 17.1. The number of aromatic nitrogens is 2. The van der Waals surface area contributed by atoms with Gasteiger partial charge in [0.1, 0.15) is 11.5 Å². The van der Waals surface area contributed by atoms with Crippen molar-refractivity contribution in [1.82, 2.24) is 15.5 Å². The topological polar surface area (TPSA) is 101 Å². The first-order chi connectivity index (χ1) is 14.9. The normalized spacial score (nSPS) is 15.9. The highest BCUT2D eigenvalue weighted by Gasteiger charge is 2.23. The van der Waals surface area contributed by atoms with E-state index in [0.717, 1.165) is 48.8 Å². The molecule has 1 aromatic heterocycles. The number of nitrogens with one attached hydrogen (secondary N) is 2. The van der Waals surface area contributed by atoms with Gasteiger partial charge in [0.05, 0.1) is 22.1 Å². The molecule has 1 aliphatic rings. The van der Waals surface area contributed by atoms with Gasteiger partial charge in [0.15, 0.2) is 0 Å². The summed E-state index contributed by atoms with van der Waals surface area (Å²) < 4.78 is 12.0. The minimum atomic E-state index is -0.949. The van der Waals surface area contributed by atoms with Gasteiger partial charge in [0.2, 0.25) is 0 Å². The van der Waals surface area contributed by atoms with Gasteiger partial charge in [-0.15, -0.1) is 0 Å². The molecule has 0 spiro atoms. The van der Waals surface area contributed by atoms with Crippen molar-refractivity contribution < 1.29 is 14.4 Å². The van der Waals surface area contributed by atoms with Crippen molar-refractivity contribution in [3.63, 3.8) is 0 Å². The Morgan fingerprint density at radius 1 is 1.19 bits per heavy atom. The summed E-state index contributed by atoms with van der Waals surface area (Å²) in [4.78, 5) is 3.11. The highest BCUT2D eigenvalue weighted by Crippen LogP contribution is 2.40. The van der Waals surface area contributed by atoms with Crippen LogP contribution >= 0.6 is 15.9 Å². The fourth-order valence-corrected chi connectivity index (χ4v) is 4.72. The number of phenolic OH excluding ortho intramolecular Hbond substituents is 2. The number of aromatic amines is 1. The lowest BCUT2D eigenvalue weighted by molar-refractivity contribution is 0.414. The number of hydrogen-bond donors (Lipinski definition) is 4.